The van der Waals surface area contributed by atoms with Crippen LogP contribution in [0.1, 0.15) is 59.4 Å². The van der Waals surface area contributed by atoms with Gasteiger partial charge in [-0.15, -0.1) is 0 Å². The summed E-state index contributed by atoms with van der Waals surface area (Å²) in [6, 6.07) is 24.5. The average Bonchev–Trinajstić information content (AvgIpc) is 3.49. The van der Waals surface area contributed by atoms with E-state index in [2.05, 4.69) is 40.0 Å². The molecular formula is C31H33N5O. The lowest BCUT2D eigenvalue weighted by atomic mass is 9.95. The first-order chi connectivity index (χ1) is 18.2. The van der Waals surface area contributed by atoms with Crippen LogP contribution < -0.4 is 0 Å². The molecule has 1 aliphatic rings. The Morgan fingerprint density at radius 1 is 1.11 bits per heavy atom. The summed E-state index contributed by atoms with van der Waals surface area (Å²) in [7, 11) is 0. The molecule has 1 unspecified atom stereocenters. The lowest BCUT2D eigenvalue weighted by Crippen LogP contribution is -2.56. The van der Waals surface area contributed by atoms with Crippen LogP contribution in [-0.2, 0) is 6.42 Å². The Morgan fingerprint density at radius 2 is 1.92 bits per heavy atom. The van der Waals surface area contributed by atoms with Crippen LogP contribution in [0.2, 0.25) is 0 Å². The number of aromatic amines is 1. The Kier molecular flexibility index (Phi) is 7.62. The molecule has 1 fully saturated rings. The van der Waals surface area contributed by atoms with E-state index < -0.39 is 0 Å². The van der Waals surface area contributed by atoms with Crippen LogP contribution >= 0.6 is 0 Å². The maximum Gasteiger partial charge on any atom is 0.254 e. The third-order valence-corrected chi connectivity index (χ3v) is 7.52. The molecule has 5 rings (SSSR count). The molecule has 3 aromatic carbocycles. The van der Waals surface area contributed by atoms with Gasteiger partial charge in [-0.3, -0.25) is 9.69 Å². The molecular weight excluding hydrogens is 458 g/mol. The summed E-state index contributed by atoms with van der Waals surface area (Å²) in [4.78, 5) is 26.0. The maximum absolute atomic E-state index is 13.8. The molecule has 0 aliphatic carbocycles. The topological polar surface area (TPSA) is 76.0 Å². The number of hydrogen-bond acceptors (Lipinski definition) is 4. The molecule has 6 nitrogen and oxygen atoms in total. The number of nitrogens with zero attached hydrogens (tertiary/aromatic N) is 4. The lowest BCUT2D eigenvalue weighted by Gasteiger charge is -2.45. The number of piperazine rings is 1. The van der Waals surface area contributed by atoms with E-state index in [0.717, 1.165) is 54.3 Å². The molecule has 0 radical (unpaired) electrons. The van der Waals surface area contributed by atoms with Crippen LogP contribution in [0.3, 0.4) is 0 Å². The van der Waals surface area contributed by atoms with Crippen molar-refractivity contribution >= 4 is 16.7 Å². The summed E-state index contributed by atoms with van der Waals surface area (Å²) in [5, 5.41) is 11.3. The smallest absolute Gasteiger partial charge is 0.254 e. The molecule has 1 saturated heterocycles. The molecule has 2 heterocycles. The zero-order valence-corrected chi connectivity index (χ0v) is 21.3. The molecule has 1 aromatic heterocycles. The number of carbonyl (C=O) groups is 1. The maximum atomic E-state index is 13.8. The average molecular weight is 492 g/mol. The van der Waals surface area contributed by atoms with Crippen LogP contribution in [-0.4, -0.2) is 51.4 Å². The number of nitriles is 1. The fraction of sp³-hybridized carbons (Fsp3) is 0.323. The van der Waals surface area contributed by atoms with Gasteiger partial charge in [0.2, 0.25) is 0 Å². The number of hydrogen-bond donors (Lipinski definition) is 1. The van der Waals surface area contributed by atoms with Crippen molar-refractivity contribution in [1.82, 2.24) is 19.8 Å². The third-order valence-electron chi connectivity index (χ3n) is 7.52. The molecule has 37 heavy (non-hydrogen) atoms. The second-order valence-corrected chi connectivity index (χ2v) is 9.85. The summed E-state index contributed by atoms with van der Waals surface area (Å²) in [6.45, 7) is 4.41. The Labute approximate surface area is 218 Å². The van der Waals surface area contributed by atoms with Crippen molar-refractivity contribution in [3.05, 3.63) is 102 Å². The van der Waals surface area contributed by atoms with Crippen LogP contribution in [0.4, 0.5) is 0 Å². The van der Waals surface area contributed by atoms with E-state index in [1.807, 2.05) is 65.7 Å². The van der Waals surface area contributed by atoms with E-state index in [-0.39, 0.29) is 18.0 Å². The molecule has 4 aromatic rings. The number of carbonyl (C=O) groups excluding carboxylic acids is 1. The highest BCUT2D eigenvalue weighted by Crippen LogP contribution is 2.31. The predicted molar refractivity (Wildman–Crippen MR) is 146 cm³/mol. The van der Waals surface area contributed by atoms with E-state index in [0.29, 0.717) is 18.7 Å². The van der Waals surface area contributed by atoms with Crippen molar-refractivity contribution in [2.24, 2.45) is 0 Å². The fourth-order valence-electron chi connectivity index (χ4n) is 5.54. The fourth-order valence-corrected chi connectivity index (χ4v) is 5.54. The number of nitrogens with one attached hydrogen (secondary N) is 1. The molecule has 6 heteroatoms. The van der Waals surface area contributed by atoms with Crippen molar-refractivity contribution < 1.29 is 4.79 Å². The van der Waals surface area contributed by atoms with E-state index in [4.69, 9.17) is 0 Å². The van der Waals surface area contributed by atoms with Gasteiger partial charge in [-0.2, -0.15) is 5.26 Å². The van der Waals surface area contributed by atoms with Crippen LogP contribution in [0.5, 0.6) is 0 Å². The molecule has 2 atom stereocenters. The quantitative estimate of drug-likeness (QED) is 0.341. The Bertz CT molecular complexity index is 1370. The van der Waals surface area contributed by atoms with E-state index in [9.17, 15) is 10.1 Å². The largest absolute Gasteiger partial charge is 0.347 e. The first-order valence-corrected chi connectivity index (χ1v) is 13.2. The first kappa shape index (κ1) is 24.7. The molecule has 1 amide bonds. The van der Waals surface area contributed by atoms with Crippen molar-refractivity contribution in [3.8, 4) is 6.07 Å². The summed E-state index contributed by atoms with van der Waals surface area (Å²) in [6.07, 6.45) is 7.74. The minimum Gasteiger partial charge on any atom is -0.347 e. The van der Waals surface area contributed by atoms with Crippen molar-refractivity contribution in [2.45, 2.75) is 44.7 Å². The monoisotopic (exact) mass is 491 g/mol. The van der Waals surface area contributed by atoms with Crippen LogP contribution in [0.15, 0.2) is 79.3 Å². The van der Waals surface area contributed by atoms with Gasteiger partial charge in [0.1, 0.15) is 0 Å². The normalized spacial score (nSPS) is 17.0. The number of unbranched alkanes of at least 4 members (excludes halogenated alkanes) is 1. The van der Waals surface area contributed by atoms with Gasteiger partial charge in [0.05, 0.1) is 29.7 Å². The van der Waals surface area contributed by atoms with Gasteiger partial charge in [0, 0.05) is 37.4 Å². The highest BCUT2D eigenvalue weighted by Gasteiger charge is 2.35. The van der Waals surface area contributed by atoms with Gasteiger partial charge in [0.15, 0.2) is 0 Å². The second kappa shape index (κ2) is 11.4. The van der Waals surface area contributed by atoms with E-state index >= 15 is 0 Å². The molecule has 188 valence electrons. The lowest BCUT2D eigenvalue weighted by molar-refractivity contribution is 0.0277. The highest BCUT2D eigenvalue weighted by atomic mass is 16.2. The Hall–Kier alpha value is -3.95. The molecule has 0 bridgehead atoms. The number of H-pyrrole nitrogens is 1. The standard InChI is InChI=1S/C31H33N5O/c1-2-3-9-26-21-35(31(37)28-11-6-8-25-7-4-5-10-27(25)28)16-17-36(26)30(29-20-33-22-34-29)18-23-12-14-24(19-32)15-13-23/h4-8,10-15,20,22,26,30H,2-3,9,16-18,21H2,1H3,(H,33,34)/t26-,30?/m0/s1. The predicted octanol–water partition coefficient (Wildman–Crippen LogP) is 5.74. The van der Waals surface area contributed by atoms with Crippen LogP contribution in [0.25, 0.3) is 10.8 Å². The molecule has 0 saturated carbocycles. The zero-order chi connectivity index (χ0) is 25.6. The van der Waals surface area contributed by atoms with Crippen molar-refractivity contribution in [2.75, 3.05) is 19.6 Å². The Balaban J connectivity index is 1.41. The number of fused-ring (bicyclic) bond motifs is 1. The molecule has 1 aliphatic heterocycles. The number of aromatic nitrogens is 2. The van der Waals surface area contributed by atoms with Gasteiger partial charge < -0.3 is 9.88 Å². The van der Waals surface area contributed by atoms with Gasteiger partial charge in [-0.25, -0.2) is 4.98 Å². The summed E-state index contributed by atoms with van der Waals surface area (Å²) in [5.41, 5.74) is 3.72. The summed E-state index contributed by atoms with van der Waals surface area (Å²) >= 11 is 0. The van der Waals surface area contributed by atoms with Gasteiger partial charge >= 0.3 is 0 Å². The SMILES string of the molecule is CCCC[C@H]1CN(C(=O)c2cccc3ccccc23)CCN1C(Cc1ccc(C#N)cc1)c1cnc[nH]1. The van der Waals surface area contributed by atoms with Crippen molar-refractivity contribution in [3.63, 3.8) is 0 Å². The van der Waals surface area contributed by atoms with Gasteiger partial charge in [0.25, 0.3) is 5.91 Å². The number of imidazole rings is 1. The summed E-state index contributed by atoms with van der Waals surface area (Å²) < 4.78 is 0. The summed E-state index contributed by atoms with van der Waals surface area (Å²) in [5.74, 6) is 0.114. The van der Waals surface area contributed by atoms with E-state index in [1.54, 1.807) is 6.33 Å². The van der Waals surface area contributed by atoms with E-state index in [1.165, 1.54) is 5.56 Å². The first-order valence-electron chi connectivity index (χ1n) is 13.2. The second-order valence-electron chi connectivity index (χ2n) is 9.85. The molecule has 1 N–H and O–H groups in total. The Morgan fingerprint density at radius 3 is 2.68 bits per heavy atom. The van der Waals surface area contributed by atoms with Gasteiger partial charge in [-0.1, -0.05) is 68.3 Å². The van der Waals surface area contributed by atoms with Crippen molar-refractivity contribution in [1.29, 1.82) is 5.26 Å². The van der Waals surface area contributed by atoms with Crippen LogP contribution in [0, 0.1) is 11.3 Å². The molecule has 0 spiro atoms. The zero-order valence-electron chi connectivity index (χ0n) is 21.3. The highest BCUT2D eigenvalue weighted by molar-refractivity contribution is 6.07. The minimum absolute atomic E-state index is 0.114. The number of benzene rings is 3. The number of rotatable bonds is 8. The van der Waals surface area contributed by atoms with Gasteiger partial charge in [-0.05, 0) is 47.4 Å². The minimum atomic E-state index is 0.114. The number of amides is 1. The third kappa shape index (κ3) is 5.42.